The molecule has 0 aliphatic rings. The van der Waals surface area contributed by atoms with Crippen molar-refractivity contribution in [1.82, 2.24) is 10.5 Å². The molecule has 0 spiro atoms. The first-order valence-corrected chi connectivity index (χ1v) is 8.27. The first kappa shape index (κ1) is 16.8. The van der Waals surface area contributed by atoms with Gasteiger partial charge in [0.2, 0.25) is 0 Å². The topological polar surface area (TPSA) is 77.2 Å². The summed E-state index contributed by atoms with van der Waals surface area (Å²) in [5.41, 5.74) is 6.04. The van der Waals surface area contributed by atoms with Gasteiger partial charge in [-0.3, -0.25) is 10.0 Å². The summed E-state index contributed by atoms with van der Waals surface area (Å²) in [4.78, 5) is 14.2. The molecule has 2 aromatic carbocycles. The van der Waals surface area contributed by atoms with Gasteiger partial charge in [-0.05, 0) is 48.2 Å². The maximum Gasteiger partial charge on any atom is 0.267 e. The standard InChI is InChI=1S/C20H21N3O2/c24-20(23-25)12-9-15-7-10-17(11-8-15)21-13-3-4-16-14-22-19-6-2-1-5-18(16)19/h1-2,5-12,14,21-22,25H,3-4,13H2,(H,23,24). The number of benzene rings is 2. The van der Waals surface area contributed by atoms with Crippen molar-refractivity contribution >= 4 is 28.6 Å². The summed E-state index contributed by atoms with van der Waals surface area (Å²) < 4.78 is 0. The van der Waals surface area contributed by atoms with Gasteiger partial charge < -0.3 is 10.3 Å². The second-order valence-corrected chi connectivity index (χ2v) is 5.82. The van der Waals surface area contributed by atoms with E-state index in [0.29, 0.717) is 0 Å². The Morgan fingerprint density at radius 3 is 2.72 bits per heavy atom. The van der Waals surface area contributed by atoms with E-state index in [-0.39, 0.29) is 0 Å². The molecule has 0 aliphatic heterocycles. The number of aromatic amines is 1. The molecule has 5 heteroatoms. The Hall–Kier alpha value is -3.05. The van der Waals surface area contributed by atoms with E-state index in [1.54, 1.807) is 11.6 Å². The molecule has 0 fully saturated rings. The highest BCUT2D eigenvalue weighted by Crippen LogP contribution is 2.19. The molecule has 3 rings (SSSR count). The normalized spacial score (nSPS) is 11.1. The summed E-state index contributed by atoms with van der Waals surface area (Å²) >= 11 is 0. The minimum Gasteiger partial charge on any atom is -0.385 e. The smallest absolute Gasteiger partial charge is 0.267 e. The number of amides is 1. The molecule has 1 amide bonds. The summed E-state index contributed by atoms with van der Waals surface area (Å²) in [7, 11) is 0. The van der Waals surface area contributed by atoms with Crippen LogP contribution >= 0.6 is 0 Å². The van der Waals surface area contributed by atoms with Gasteiger partial charge in [0.25, 0.3) is 5.91 Å². The summed E-state index contributed by atoms with van der Waals surface area (Å²) in [6.07, 6.45) is 7.08. The molecular formula is C20H21N3O2. The van der Waals surface area contributed by atoms with E-state index in [1.807, 2.05) is 30.3 Å². The number of anilines is 1. The quantitative estimate of drug-likeness (QED) is 0.230. The first-order chi connectivity index (χ1) is 12.3. The zero-order chi connectivity index (χ0) is 17.5. The van der Waals surface area contributed by atoms with Gasteiger partial charge in [-0.25, -0.2) is 5.48 Å². The molecule has 0 radical (unpaired) electrons. The number of hydrogen-bond donors (Lipinski definition) is 4. The average molecular weight is 335 g/mol. The summed E-state index contributed by atoms with van der Waals surface area (Å²) in [5, 5.41) is 13.1. The number of hydroxylamine groups is 1. The van der Waals surface area contributed by atoms with Crippen LogP contribution in [0.25, 0.3) is 17.0 Å². The van der Waals surface area contributed by atoms with Crippen LogP contribution in [0.4, 0.5) is 5.69 Å². The molecule has 4 N–H and O–H groups in total. The van der Waals surface area contributed by atoms with Crippen LogP contribution in [0.1, 0.15) is 17.5 Å². The van der Waals surface area contributed by atoms with Crippen LogP contribution in [-0.4, -0.2) is 22.6 Å². The highest BCUT2D eigenvalue weighted by Gasteiger charge is 2.02. The number of nitrogens with one attached hydrogen (secondary N) is 3. The molecular weight excluding hydrogens is 314 g/mol. The predicted molar refractivity (Wildman–Crippen MR) is 101 cm³/mol. The fourth-order valence-electron chi connectivity index (χ4n) is 2.77. The molecule has 0 atom stereocenters. The van der Waals surface area contributed by atoms with E-state index in [1.165, 1.54) is 22.5 Å². The number of carbonyl (C=O) groups excluding carboxylic acids is 1. The maximum absolute atomic E-state index is 10.9. The summed E-state index contributed by atoms with van der Waals surface area (Å²) in [6, 6.07) is 16.1. The molecule has 5 nitrogen and oxygen atoms in total. The van der Waals surface area contributed by atoms with Crippen LogP contribution in [0.15, 0.2) is 60.8 Å². The van der Waals surface area contributed by atoms with Crippen molar-refractivity contribution in [3.63, 3.8) is 0 Å². The zero-order valence-corrected chi connectivity index (χ0v) is 13.8. The van der Waals surface area contributed by atoms with Crippen LogP contribution < -0.4 is 10.8 Å². The van der Waals surface area contributed by atoms with Crippen LogP contribution in [0, 0.1) is 0 Å². The number of H-pyrrole nitrogens is 1. The molecule has 3 aromatic rings. The molecule has 0 bridgehead atoms. The lowest BCUT2D eigenvalue weighted by molar-refractivity contribution is -0.124. The minimum atomic E-state index is -0.542. The second kappa shape index (κ2) is 8.17. The SMILES string of the molecule is O=C(C=Cc1ccc(NCCCc2c[nH]c3ccccc23)cc1)NO. The summed E-state index contributed by atoms with van der Waals surface area (Å²) in [5.74, 6) is -0.542. The number of aromatic nitrogens is 1. The molecule has 0 saturated heterocycles. The van der Waals surface area contributed by atoms with Crippen molar-refractivity contribution in [3.8, 4) is 0 Å². The molecule has 25 heavy (non-hydrogen) atoms. The lowest BCUT2D eigenvalue weighted by Crippen LogP contribution is -2.14. The van der Waals surface area contributed by atoms with Gasteiger partial charge in [-0.15, -0.1) is 0 Å². The fourth-order valence-corrected chi connectivity index (χ4v) is 2.77. The fraction of sp³-hybridized carbons (Fsp3) is 0.150. The van der Waals surface area contributed by atoms with E-state index < -0.39 is 5.91 Å². The number of aryl methyl sites for hydroxylation is 1. The van der Waals surface area contributed by atoms with E-state index in [0.717, 1.165) is 30.6 Å². The monoisotopic (exact) mass is 335 g/mol. The predicted octanol–water partition coefficient (Wildman–Crippen LogP) is 3.73. The average Bonchev–Trinajstić information content (AvgIpc) is 3.07. The minimum absolute atomic E-state index is 0.542. The van der Waals surface area contributed by atoms with Crippen molar-refractivity contribution in [2.24, 2.45) is 0 Å². The van der Waals surface area contributed by atoms with Gasteiger partial charge in [0.1, 0.15) is 0 Å². The largest absolute Gasteiger partial charge is 0.385 e. The van der Waals surface area contributed by atoms with Gasteiger partial charge in [-0.1, -0.05) is 30.3 Å². The van der Waals surface area contributed by atoms with E-state index in [9.17, 15) is 4.79 Å². The molecule has 0 aliphatic carbocycles. The van der Waals surface area contributed by atoms with Gasteiger partial charge >= 0.3 is 0 Å². The number of hydrogen-bond acceptors (Lipinski definition) is 3. The lowest BCUT2D eigenvalue weighted by atomic mass is 10.1. The third-order valence-corrected chi connectivity index (χ3v) is 4.07. The van der Waals surface area contributed by atoms with Gasteiger partial charge in [0, 0.05) is 35.4 Å². The Labute approximate surface area is 146 Å². The third-order valence-electron chi connectivity index (χ3n) is 4.07. The van der Waals surface area contributed by atoms with Gasteiger partial charge in [-0.2, -0.15) is 0 Å². The Bertz CT molecular complexity index is 866. The van der Waals surface area contributed by atoms with Crippen LogP contribution in [0.3, 0.4) is 0 Å². The number of carbonyl (C=O) groups is 1. The van der Waals surface area contributed by atoms with Crippen LogP contribution in [0.2, 0.25) is 0 Å². The zero-order valence-electron chi connectivity index (χ0n) is 13.8. The molecule has 128 valence electrons. The van der Waals surface area contributed by atoms with Crippen molar-refractivity contribution in [1.29, 1.82) is 0 Å². The highest BCUT2D eigenvalue weighted by atomic mass is 16.5. The maximum atomic E-state index is 10.9. The third kappa shape index (κ3) is 4.49. The molecule has 0 saturated carbocycles. The van der Waals surface area contributed by atoms with Gasteiger partial charge in [0.15, 0.2) is 0 Å². The van der Waals surface area contributed by atoms with Gasteiger partial charge in [0.05, 0.1) is 0 Å². The number of rotatable bonds is 7. The number of para-hydroxylation sites is 1. The Morgan fingerprint density at radius 1 is 1.12 bits per heavy atom. The first-order valence-electron chi connectivity index (χ1n) is 8.27. The molecule has 0 unspecified atom stereocenters. The van der Waals surface area contributed by atoms with E-state index >= 15 is 0 Å². The Kier molecular flexibility index (Phi) is 5.49. The molecule has 1 aromatic heterocycles. The summed E-state index contributed by atoms with van der Waals surface area (Å²) in [6.45, 7) is 0.890. The van der Waals surface area contributed by atoms with Crippen molar-refractivity contribution in [3.05, 3.63) is 71.9 Å². The second-order valence-electron chi connectivity index (χ2n) is 5.82. The highest BCUT2D eigenvalue weighted by molar-refractivity contribution is 5.90. The molecule has 1 heterocycles. The Morgan fingerprint density at radius 2 is 1.92 bits per heavy atom. The van der Waals surface area contributed by atoms with E-state index in [4.69, 9.17) is 5.21 Å². The van der Waals surface area contributed by atoms with Crippen molar-refractivity contribution in [2.45, 2.75) is 12.8 Å². The lowest BCUT2D eigenvalue weighted by Gasteiger charge is -2.06. The Balaban J connectivity index is 1.47. The van der Waals surface area contributed by atoms with Crippen molar-refractivity contribution in [2.75, 3.05) is 11.9 Å². The van der Waals surface area contributed by atoms with Crippen molar-refractivity contribution < 1.29 is 10.0 Å². The van der Waals surface area contributed by atoms with E-state index in [2.05, 4.69) is 34.7 Å². The number of fused-ring (bicyclic) bond motifs is 1. The van der Waals surface area contributed by atoms with Crippen LogP contribution in [0.5, 0.6) is 0 Å². The van der Waals surface area contributed by atoms with Crippen LogP contribution in [-0.2, 0) is 11.2 Å².